The van der Waals surface area contributed by atoms with Crippen LogP contribution < -0.4 is 4.90 Å². The summed E-state index contributed by atoms with van der Waals surface area (Å²) in [5, 5.41) is 24.3. The van der Waals surface area contributed by atoms with Gasteiger partial charge < -0.3 is 9.47 Å². The average molecular weight is 828 g/mol. The minimum atomic E-state index is -0.662. The fourth-order valence-corrected chi connectivity index (χ4v) is 10.3. The zero-order valence-corrected chi connectivity index (χ0v) is 35.1. The predicted octanol–water partition coefficient (Wildman–Crippen LogP) is 14.5. The van der Waals surface area contributed by atoms with E-state index >= 15 is 0 Å². The van der Waals surface area contributed by atoms with E-state index in [4.69, 9.17) is 0 Å². The van der Waals surface area contributed by atoms with E-state index in [2.05, 4.69) is 184 Å². The summed E-state index contributed by atoms with van der Waals surface area (Å²) in [5.41, 5.74) is 16.0. The molecule has 0 aliphatic heterocycles. The molecule has 12 rings (SSSR count). The summed E-state index contributed by atoms with van der Waals surface area (Å²) in [6.45, 7) is 0. The molecular formula is C60H37N5. The topological polar surface area (TPSA) is 68.6 Å². The van der Waals surface area contributed by atoms with Gasteiger partial charge in [0.25, 0.3) is 0 Å². The third-order valence-electron chi connectivity index (χ3n) is 13.1. The van der Waals surface area contributed by atoms with Gasteiger partial charge in [-0.3, -0.25) is 4.98 Å². The molecule has 0 saturated heterocycles. The highest BCUT2D eigenvalue weighted by atomic mass is 15.1. The van der Waals surface area contributed by atoms with Crippen molar-refractivity contribution in [1.29, 1.82) is 10.5 Å². The second kappa shape index (κ2) is 15.1. The summed E-state index contributed by atoms with van der Waals surface area (Å²) in [5.74, 6) is 0. The molecule has 0 atom stereocenters. The molecule has 5 heteroatoms. The number of anilines is 3. The summed E-state index contributed by atoms with van der Waals surface area (Å²) in [4.78, 5) is 6.70. The molecule has 0 N–H and O–H groups in total. The minimum absolute atomic E-state index is 0.591. The monoisotopic (exact) mass is 827 g/mol. The van der Waals surface area contributed by atoms with Gasteiger partial charge >= 0.3 is 0 Å². The Balaban J connectivity index is 1.04. The van der Waals surface area contributed by atoms with Gasteiger partial charge in [0.2, 0.25) is 0 Å². The van der Waals surface area contributed by atoms with Gasteiger partial charge in [-0.2, -0.15) is 10.5 Å². The summed E-state index contributed by atoms with van der Waals surface area (Å²) in [7, 11) is 0. The zero-order chi connectivity index (χ0) is 43.5. The molecule has 11 aromatic rings. The quantitative estimate of drug-likeness (QED) is 0.113. The molecule has 302 valence electrons. The molecule has 0 fully saturated rings. The number of fused-ring (bicyclic) bond motifs is 3. The lowest BCUT2D eigenvalue weighted by Gasteiger charge is -2.35. The average Bonchev–Trinajstić information content (AvgIpc) is 3.87. The van der Waals surface area contributed by atoms with E-state index in [0.717, 1.165) is 39.4 Å². The van der Waals surface area contributed by atoms with Gasteiger partial charge in [0, 0.05) is 34.0 Å². The number of rotatable bonds is 8. The van der Waals surface area contributed by atoms with Crippen LogP contribution in [0.2, 0.25) is 0 Å². The minimum Gasteiger partial charge on any atom is -0.310 e. The van der Waals surface area contributed by atoms with E-state index in [1.165, 1.54) is 60.4 Å². The lowest BCUT2D eigenvalue weighted by Crippen LogP contribution is -2.28. The number of hydrogen-bond acceptors (Lipinski definition) is 4. The molecule has 0 saturated carbocycles. The largest absolute Gasteiger partial charge is 0.310 e. The van der Waals surface area contributed by atoms with Gasteiger partial charge in [-0.15, -0.1) is 0 Å². The SMILES string of the molecule is N#Cc1ccc(N(c2ccc(C#N)cc2)c2ccc3c(c2)C(c2ccccc2)(c2ccccc2)c2cc(/C=C/c4cc5ccc6cccc7c6c5c(c4)n7-c4cccnc4)ccc2-3)cc1. The smallest absolute Gasteiger partial charge is 0.0991 e. The van der Waals surface area contributed by atoms with Crippen LogP contribution in [0, 0.1) is 22.7 Å². The van der Waals surface area contributed by atoms with Gasteiger partial charge in [-0.05, 0) is 152 Å². The molecule has 1 aliphatic rings. The Kier molecular flexibility index (Phi) is 8.76. The summed E-state index contributed by atoms with van der Waals surface area (Å²) in [6, 6.07) is 75.0. The van der Waals surface area contributed by atoms with Crippen LogP contribution in [0.15, 0.2) is 213 Å². The Bertz CT molecular complexity index is 3610. The van der Waals surface area contributed by atoms with E-state index in [-0.39, 0.29) is 0 Å². The molecule has 5 nitrogen and oxygen atoms in total. The first kappa shape index (κ1) is 37.7. The number of benzene rings is 9. The van der Waals surface area contributed by atoms with E-state index in [1.54, 1.807) is 0 Å². The van der Waals surface area contributed by atoms with Crippen LogP contribution in [0.1, 0.15) is 44.5 Å². The Morgan fingerprint density at radius 3 is 1.72 bits per heavy atom. The zero-order valence-electron chi connectivity index (χ0n) is 35.1. The van der Waals surface area contributed by atoms with Crippen molar-refractivity contribution >= 4 is 61.8 Å². The van der Waals surface area contributed by atoms with E-state index in [0.29, 0.717) is 11.1 Å². The number of nitrogens with zero attached hydrogens (tertiary/aromatic N) is 5. The molecule has 65 heavy (non-hydrogen) atoms. The van der Waals surface area contributed by atoms with Crippen LogP contribution in [0.5, 0.6) is 0 Å². The lowest BCUT2D eigenvalue weighted by molar-refractivity contribution is 0.768. The number of aromatic nitrogens is 2. The summed E-state index contributed by atoms with van der Waals surface area (Å²) >= 11 is 0. The van der Waals surface area contributed by atoms with Gasteiger partial charge in [0.05, 0.1) is 51.6 Å². The van der Waals surface area contributed by atoms with Crippen LogP contribution in [-0.2, 0) is 5.41 Å². The van der Waals surface area contributed by atoms with Crippen molar-refractivity contribution in [3.63, 3.8) is 0 Å². The van der Waals surface area contributed by atoms with E-state index in [9.17, 15) is 10.5 Å². The highest BCUT2D eigenvalue weighted by Crippen LogP contribution is 2.57. The molecule has 1 aliphatic carbocycles. The van der Waals surface area contributed by atoms with Crippen molar-refractivity contribution in [2.75, 3.05) is 4.90 Å². The molecule has 0 spiro atoms. The van der Waals surface area contributed by atoms with Crippen LogP contribution >= 0.6 is 0 Å². The molecular weight excluding hydrogens is 791 g/mol. The standard InChI is InChI=1S/C60H37N5/c61-37-41-18-25-48(26-19-41)64(49-27-20-42(38-62)21-28-49)50-29-31-53-52-30-22-40(34-54(52)60(55(53)36-50,46-10-3-1-4-11-46)47-12-5-2-6-13-47)16-17-43-33-45-24-23-44-9-7-15-56-58(44)59(45)57(35-43)65(56)51-14-8-32-63-39-51/h1-36,39H/b17-16+. The van der Waals surface area contributed by atoms with Gasteiger partial charge in [-0.25, -0.2) is 0 Å². The molecule has 2 aromatic heterocycles. The Labute approximate surface area is 376 Å². The Morgan fingerprint density at radius 2 is 1.08 bits per heavy atom. The maximum Gasteiger partial charge on any atom is 0.0991 e. The van der Waals surface area contributed by atoms with Crippen molar-refractivity contribution in [2.45, 2.75) is 5.41 Å². The molecule has 9 aromatic carbocycles. The molecule has 0 amide bonds. The second-order valence-corrected chi connectivity index (χ2v) is 16.6. The molecule has 0 unspecified atom stereocenters. The third kappa shape index (κ3) is 5.95. The van der Waals surface area contributed by atoms with Gasteiger partial charge in [-0.1, -0.05) is 115 Å². The third-order valence-corrected chi connectivity index (χ3v) is 13.1. The first-order valence-corrected chi connectivity index (χ1v) is 21.7. The van der Waals surface area contributed by atoms with Crippen molar-refractivity contribution in [3.05, 3.63) is 257 Å². The fourth-order valence-electron chi connectivity index (χ4n) is 10.3. The Hall–Kier alpha value is -9.03. The van der Waals surface area contributed by atoms with E-state index < -0.39 is 5.41 Å². The highest BCUT2D eigenvalue weighted by molar-refractivity contribution is 6.24. The summed E-state index contributed by atoms with van der Waals surface area (Å²) < 4.78 is 2.34. The first-order chi connectivity index (χ1) is 32.1. The summed E-state index contributed by atoms with van der Waals surface area (Å²) in [6.07, 6.45) is 8.25. The number of nitriles is 2. The molecule has 0 bridgehead atoms. The van der Waals surface area contributed by atoms with Gasteiger partial charge in [0.15, 0.2) is 0 Å². The van der Waals surface area contributed by atoms with E-state index in [1.807, 2.05) is 67.0 Å². The number of hydrogen-bond donors (Lipinski definition) is 0. The second-order valence-electron chi connectivity index (χ2n) is 16.6. The van der Waals surface area contributed by atoms with Crippen LogP contribution in [-0.4, -0.2) is 9.55 Å². The lowest BCUT2D eigenvalue weighted by atomic mass is 9.67. The van der Waals surface area contributed by atoms with Crippen molar-refractivity contribution in [3.8, 4) is 29.0 Å². The van der Waals surface area contributed by atoms with Crippen LogP contribution in [0.4, 0.5) is 17.1 Å². The van der Waals surface area contributed by atoms with Crippen LogP contribution in [0.3, 0.4) is 0 Å². The maximum atomic E-state index is 9.67. The number of pyridine rings is 1. The maximum absolute atomic E-state index is 9.67. The van der Waals surface area contributed by atoms with Crippen molar-refractivity contribution in [1.82, 2.24) is 9.55 Å². The van der Waals surface area contributed by atoms with Crippen LogP contribution in [0.25, 0.3) is 61.5 Å². The van der Waals surface area contributed by atoms with Crippen molar-refractivity contribution in [2.24, 2.45) is 0 Å². The molecule has 2 heterocycles. The van der Waals surface area contributed by atoms with Crippen molar-refractivity contribution < 1.29 is 0 Å². The fraction of sp³-hybridized carbons (Fsp3) is 0.0167. The van der Waals surface area contributed by atoms with Gasteiger partial charge in [0.1, 0.15) is 0 Å². The Morgan fingerprint density at radius 1 is 0.477 bits per heavy atom. The highest BCUT2D eigenvalue weighted by Gasteiger charge is 2.46. The molecule has 0 radical (unpaired) electrons. The normalized spacial score (nSPS) is 12.6. The predicted molar refractivity (Wildman–Crippen MR) is 264 cm³/mol. The first-order valence-electron chi connectivity index (χ1n) is 21.7.